The summed E-state index contributed by atoms with van der Waals surface area (Å²) in [6.07, 6.45) is -0.886. The lowest BCUT2D eigenvalue weighted by Gasteiger charge is -2.47. The first-order valence-electron chi connectivity index (χ1n) is 10.7. The normalized spacial score (nSPS) is 17.7. The largest absolute Gasteiger partial charge is 0.444 e. The fraction of sp³-hybridized carbons (Fsp3) is 0.292. The predicted octanol–water partition coefficient (Wildman–Crippen LogP) is 6.57. The molecule has 1 aliphatic heterocycles. The molecule has 6 nitrogen and oxygen atoms in total. The molecule has 1 aliphatic rings. The van der Waals surface area contributed by atoms with E-state index in [1.807, 2.05) is 37.3 Å². The van der Waals surface area contributed by atoms with Gasteiger partial charge in [0.15, 0.2) is 0 Å². The molecule has 3 aromatic rings. The Morgan fingerprint density at radius 1 is 1.18 bits per heavy atom. The molecule has 0 radical (unpaired) electrons. The molecule has 0 aliphatic carbocycles. The van der Waals surface area contributed by atoms with Crippen molar-refractivity contribution in [1.29, 1.82) is 0 Å². The number of hydrogen-bond donors (Lipinski definition) is 1. The van der Waals surface area contributed by atoms with Gasteiger partial charge in [0.25, 0.3) is 0 Å². The van der Waals surface area contributed by atoms with Crippen LogP contribution < -0.4 is 10.2 Å². The number of anilines is 2. The van der Waals surface area contributed by atoms with Crippen LogP contribution in [0, 0.1) is 0 Å². The minimum atomic E-state index is -4.48. The number of rotatable bonds is 5. The molecule has 0 fully saturated rings. The van der Waals surface area contributed by atoms with E-state index in [-0.39, 0.29) is 6.61 Å². The zero-order valence-electron chi connectivity index (χ0n) is 18.3. The topological polar surface area (TPSA) is 67.4 Å². The Bertz CT molecular complexity index is 1160. The van der Waals surface area contributed by atoms with Gasteiger partial charge in [-0.3, -0.25) is 4.90 Å². The fourth-order valence-electron chi connectivity index (χ4n) is 4.05. The van der Waals surface area contributed by atoms with Crippen LogP contribution in [0.25, 0.3) is 0 Å². The van der Waals surface area contributed by atoms with Crippen molar-refractivity contribution < 1.29 is 22.7 Å². The highest BCUT2D eigenvalue weighted by Gasteiger charge is 2.45. The third kappa shape index (κ3) is 5.01. The highest BCUT2D eigenvalue weighted by Crippen LogP contribution is 2.42. The van der Waals surface area contributed by atoms with Crippen LogP contribution in [0.1, 0.15) is 36.5 Å². The average molecular weight is 535 g/mol. The van der Waals surface area contributed by atoms with Gasteiger partial charge in [-0.15, -0.1) is 0 Å². The number of nitrogens with zero attached hydrogens (tertiary/aromatic N) is 3. The summed E-state index contributed by atoms with van der Waals surface area (Å²) in [4.78, 5) is 23.3. The second kappa shape index (κ2) is 9.61. The Labute approximate surface area is 203 Å². The SMILES string of the molecule is CCC1(Nc2ncc(Br)cn2)CCc2cc(C(F)(F)F)ccc2N1C(=O)OCc1ccccc1. The zero-order valence-corrected chi connectivity index (χ0v) is 19.9. The molecule has 0 bridgehead atoms. The van der Waals surface area contributed by atoms with Crippen molar-refractivity contribution in [3.05, 3.63) is 82.1 Å². The summed E-state index contributed by atoms with van der Waals surface area (Å²) in [7, 11) is 0. The van der Waals surface area contributed by atoms with E-state index >= 15 is 0 Å². The van der Waals surface area contributed by atoms with E-state index in [4.69, 9.17) is 4.74 Å². The molecular weight excluding hydrogens is 513 g/mol. The summed E-state index contributed by atoms with van der Waals surface area (Å²) < 4.78 is 46.3. The van der Waals surface area contributed by atoms with Gasteiger partial charge in [0.2, 0.25) is 5.95 Å². The number of fused-ring (bicyclic) bond motifs is 1. The maximum Gasteiger partial charge on any atom is 0.416 e. The first kappa shape index (κ1) is 24.0. The number of nitrogens with one attached hydrogen (secondary N) is 1. The van der Waals surface area contributed by atoms with Crippen molar-refractivity contribution >= 4 is 33.7 Å². The number of ether oxygens (including phenoxy) is 1. The van der Waals surface area contributed by atoms with Gasteiger partial charge in [0.05, 0.1) is 15.7 Å². The molecule has 10 heteroatoms. The molecule has 1 amide bonds. The summed E-state index contributed by atoms with van der Waals surface area (Å²) in [6.45, 7) is 1.92. The highest BCUT2D eigenvalue weighted by atomic mass is 79.9. The van der Waals surface area contributed by atoms with Crippen LogP contribution in [-0.4, -0.2) is 21.7 Å². The zero-order chi connectivity index (χ0) is 24.3. The number of benzene rings is 2. The lowest BCUT2D eigenvalue weighted by atomic mass is 9.88. The molecule has 4 rings (SSSR count). The number of carbonyl (C=O) groups is 1. The lowest BCUT2D eigenvalue weighted by molar-refractivity contribution is -0.137. The van der Waals surface area contributed by atoms with Crippen LogP contribution in [0.15, 0.2) is 65.4 Å². The summed E-state index contributed by atoms with van der Waals surface area (Å²) in [5, 5.41) is 3.25. The van der Waals surface area contributed by atoms with Crippen molar-refractivity contribution in [2.24, 2.45) is 0 Å². The maximum atomic E-state index is 13.4. The third-order valence-electron chi connectivity index (χ3n) is 5.82. The van der Waals surface area contributed by atoms with Crippen molar-refractivity contribution in [2.45, 2.75) is 44.6 Å². The number of hydrogen-bond acceptors (Lipinski definition) is 5. The molecule has 1 unspecified atom stereocenters. The van der Waals surface area contributed by atoms with E-state index in [9.17, 15) is 18.0 Å². The molecule has 1 N–H and O–H groups in total. The summed E-state index contributed by atoms with van der Waals surface area (Å²) in [5.41, 5.74) is -0.157. The molecule has 0 saturated heterocycles. The quantitative estimate of drug-likeness (QED) is 0.401. The van der Waals surface area contributed by atoms with Crippen LogP contribution in [0.3, 0.4) is 0 Å². The molecule has 0 saturated carbocycles. The second-order valence-corrected chi connectivity index (χ2v) is 8.87. The van der Waals surface area contributed by atoms with Crippen molar-refractivity contribution in [1.82, 2.24) is 9.97 Å². The number of alkyl halides is 3. The van der Waals surface area contributed by atoms with Gasteiger partial charge in [-0.05, 0) is 64.5 Å². The van der Waals surface area contributed by atoms with Gasteiger partial charge in [-0.25, -0.2) is 14.8 Å². The van der Waals surface area contributed by atoms with Crippen molar-refractivity contribution in [3.63, 3.8) is 0 Å². The van der Waals surface area contributed by atoms with Crippen LogP contribution in [0.4, 0.5) is 29.6 Å². The Balaban J connectivity index is 1.72. The van der Waals surface area contributed by atoms with Gasteiger partial charge in [0, 0.05) is 12.4 Å². The molecular formula is C24H22BrF3N4O2. The van der Waals surface area contributed by atoms with Crippen LogP contribution in [-0.2, 0) is 23.9 Å². The molecule has 2 heterocycles. The monoisotopic (exact) mass is 534 g/mol. The number of amides is 1. The molecule has 0 spiro atoms. The number of aryl methyl sites for hydroxylation is 1. The number of aromatic nitrogens is 2. The van der Waals surface area contributed by atoms with Gasteiger partial charge in [-0.2, -0.15) is 13.2 Å². The average Bonchev–Trinajstić information content (AvgIpc) is 2.83. The van der Waals surface area contributed by atoms with Crippen molar-refractivity contribution in [2.75, 3.05) is 10.2 Å². The molecule has 1 atom stereocenters. The van der Waals surface area contributed by atoms with Crippen LogP contribution in [0.2, 0.25) is 0 Å². The van der Waals surface area contributed by atoms with Crippen LogP contribution in [0.5, 0.6) is 0 Å². The minimum Gasteiger partial charge on any atom is -0.444 e. The highest BCUT2D eigenvalue weighted by molar-refractivity contribution is 9.10. The maximum absolute atomic E-state index is 13.4. The van der Waals surface area contributed by atoms with Gasteiger partial charge < -0.3 is 10.1 Å². The summed E-state index contributed by atoms with van der Waals surface area (Å²) in [6, 6.07) is 12.6. The second-order valence-electron chi connectivity index (χ2n) is 7.95. The van der Waals surface area contributed by atoms with Gasteiger partial charge in [-0.1, -0.05) is 37.3 Å². The Kier molecular flexibility index (Phi) is 6.79. The van der Waals surface area contributed by atoms with E-state index in [0.717, 1.165) is 17.7 Å². The first-order valence-corrected chi connectivity index (χ1v) is 11.5. The molecule has 34 heavy (non-hydrogen) atoms. The predicted molar refractivity (Wildman–Crippen MR) is 125 cm³/mol. The molecule has 178 valence electrons. The third-order valence-corrected chi connectivity index (χ3v) is 6.23. The van der Waals surface area contributed by atoms with E-state index in [2.05, 4.69) is 31.2 Å². The number of carbonyl (C=O) groups excluding carboxylic acids is 1. The van der Waals surface area contributed by atoms with E-state index in [0.29, 0.717) is 40.9 Å². The fourth-order valence-corrected chi connectivity index (χ4v) is 4.25. The van der Waals surface area contributed by atoms with Gasteiger partial charge >= 0.3 is 12.3 Å². The smallest absolute Gasteiger partial charge is 0.416 e. The first-order chi connectivity index (χ1) is 16.2. The lowest BCUT2D eigenvalue weighted by Crippen LogP contribution is -2.60. The van der Waals surface area contributed by atoms with Crippen molar-refractivity contribution in [3.8, 4) is 0 Å². The Hall–Kier alpha value is -3.14. The summed E-state index contributed by atoms with van der Waals surface area (Å²) >= 11 is 3.29. The number of halogens is 4. The van der Waals surface area contributed by atoms with E-state index in [1.165, 1.54) is 11.0 Å². The van der Waals surface area contributed by atoms with Crippen LogP contribution >= 0.6 is 15.9 Å². The Morgan fingerprint density at radius 2 is 1.88 bits per heavy atom. The molecule has 2 aromatic carbocycles. The van der Waals surface area contributed by atoms with Gasteiger partial charge in [0.1, 0.15) is 12.3 Å². The molecule has 1 aromatic heterocycles. The van der Waals surface area contributed by atoms with E-state index in [1.54, 1.807) is 12.4 Å². The standard InChI is InChI=1S/C24H22BrF3N4O2/c1-2-23(31-21-29-13-19(25)14-30-21)11-10-17-12-18(24(26,27)28)8-9-20(17)32(23)22(33)34-15-16-6-4-3-5-7-16/h3-9,12-14H,2,10-11,15H2,1H3,(H,29,30,31). The minimum absolute atomic E-state index is 0.0285. The summed E-state index contributed by atoms with van der Waals surface area (Å²) in [5.74, 6) is 0.293. The van der Waals surface area contributed by atoms with E-state index < -0.39 is 23.5 Å². The Morgan fingerprint density at radius 3 is 2.53 bits per heavy atom.